The van der Waals surface area contributed by atoms with E-state index in [9.17, 15) is 12.8 Å². The predicted octanol–water partition coefficient (Wildman–Crippen LogP) is 3.47. The predicted molar refractivity (Wildman–Crippen MR) is 79.2 cm³/mol. The zero-order valence-electron chi connectivity index (χ0n) is 10.3. The van der Waals surface area contributed by atoms with Gasteiger partial charge in [0.25, 0.3) is 0 Å². The highest BCUT2D eigenvalue weighted by molar-refractivity contribution is 9.09. The lowest BCUT2D eigenvalue weighted by Crippen LogP contribution is -2.20. The van der Waals surface area contributed by atoms with E-state index in [0.29, 0.717) is 28.8 Å². The van der Waals surface area contributed by atoms with Crippen molar-refractivity contribution >= 4 is 37.4 Å². The summed E-state index contributed by atoms with van der Waals surface area (Å²) in [4.78, 5) is 0. The fourth-order valence-corrected chi connectivity index (χ4v) is 5.45. The lowest BCUT2D eigenvalue weighted by Gasteiger charge is -2.21. The minimum Gasteiger partial charge on any atom is -0.229 e. The minimum absolute atomic E-state index is 0.0834. The van der Waals surface area contributed by atoms with Gasteiger partial charge in [-0.2, -0.15) is 0 Å². The first kappa shape index (κ1) is 15.3. The Bertz CT molecular complexity index is 542. The first-order valence-electron chi connectivity index (χ1n) is 6.12. The van der Waals surface area contributed by atoms with Gasteiger partial charge in [0.1, 0.15) is 5.82 Å². The van der Waals surface area contributed by atoms with Gasteiger partial charge < -0.3 is 0 Å². The fourth-order valence-electron chi connectivity index (χ4n) is 2.53. The standard InChI is InChI=1S/C13H15BrClFO2S/c14-7-10(9-4-5-19(17,18)8-9)6-11-12(15)2-1-3-13(11)16/h1-3,9-10H,4-8H2. The normalized spacial score (nSPS) is 23.4. The van der Waals surface area contributed by atoms with Gasteiger partial charge in [-0.3, -0.25) is 0 Å². The van der Waals surface area contributed by atoms with Crippen LogP contribution >= 0.6 is 27.5 Å². The molecule has 1 aliphatic heterocycles. The molecule has 0 radical (unpaired) electrons. The first-order chi connectivity index (χ1) is 8.93. The minimum atomic E-state index is -2.91. The maximum absolute atomic E-state index is 13.8. The molecule has 1 aromatic carbocycles. The molecule has 2 nitrogen and oxygen atoms in total. The number of hydrogen-bond acceptors (Lipinski definition) is 2. The molecule has 1 aromatic rings. The monoisotopic (exact) mass is 368 g/mol. The van der Waals surface area contributed by atoms with Gasteiger partial charge in [0.2, 0.25) is 0 Å². The molecule has 0 spiro atoms. The highest BCUT2D eigenvalue weighted by Gasteiger charge is 2.33. The van der Waals surface area contributed by atoms with Crippen molar-refractivity contribution in [1.82, 2.24) is 0 Å². The van der Waals surface area contributed by atoms with Crippen LogP contribution in [0.25, 0.3) is 0 Å². The summed E-state index contributed by atoms with van der Waals surface area (Å²) in [5.41, 5.74) is 0.484. The van der Waals surface area contributed by atoms with Crippen molar-refractivity contribution in [2.75, 3.05) is 16.8 Å². The highest BCUT2D eigenvalue weighted by Crippen LogP contribution is 2.32. The second-order valence-corrected chi connectivity index (χ2v) is 8.27. The van der Waals surface area contributed by atoms with Crippen LogP contribution in [0.4, 0.5) is 4.39 Å². The Kier molecular flexibility index (Phi) is 4.90. The lowest BCUT2D eigenvalue weighted by molar-refractivity contribution is 0.396. The van der Waals surface area contributed by atoms with Crippen LogP contribution in [0.15, 0.2) is 18.2 Å². The zero-order valence-corrected chi connectivity index (χ0v) is 13.4. The van der Waals surface area contributed by atoms with Crippen LogP contribution in [0.2, 0.25) is 5.02 Å². The van der Waals surface area contributed by atoms with Crippen LogP contribution < -0.4 is 0 Å². The molecule has 2 rings (SSSR count). The number of alkyl halides is 1. The Morgan fingerprint density at radius 2 is 2.21 bits per heavy atom. The van der Waals surface area contributed by atoms with Gasteiger partial charge in [-0.15, -0.1) is 0 Å². The molecule has 106 valence electrons. The van der Waals surface area contributed by atoms with Gasteiger partial charge in [-0.25, -0.2) is 12.8 Å². The Morgan fingerprint density at radius 3 is 2.74 bits per heavy atom. The van der Waals surface area contributed by atoms with Crippen molar-refractivity contribution < 1.29 is 12.8 Å². The van der Waals surface area contributed by atoms with E-state index in [0.717, 1.165) is 0 Å². The molecule has 0 N–H and O–H groups in total. The number of halogens is 3. The quantitative estimate of drug-likeness (QED) is 0.762. The van der Waals surface area contributed by atoms with Gasteiger partial charge in [-0.1, -0.05) is 33.6 Å². The third-order valence-electron chi connectivity index (χ3n) is 3.66. The average molecular weight is 370 g/mol. The zero-order chi connectivity index (χ0) is 14.0. The van der Waals surface area contributed by atoms with Crippen LogP contribution in [0.1, 0.15) is 12.0 Å². The van der Waals surface area contributed by atoms with Crippen LogP contribution in [0, 0.1) is 17.7 Å². The van der Waals surface area contributed by atoms with Crippen molar-refractivity contribution in [3.63, 3.8) is 0 Å². The molecule has 0 saturated carbocycles. The van der Waals surface area contributed by atoms with Crippen LogP contribution in [0.3, 0.4) is 0 Å². The van der Waals surface area contributed by atoms with E-state index >= 15 is 0 Å². The average Bonchev–Trinajstić information content (AvgIpc) is 2.69. The van der Waals surface area contributed by atoms with Crippen molar-refractivity contribution in [3.8, 4) is 0 Å². The van der Waals surface area contributed by atoms with E-state index in [-0.39, 0.29) is 29.2 Å². The van der Waals surface area contributed by atoms with Crippen molar-refractivity contribution in [2.24, 2.45) is 11.8 Å². The van der Waals surface area contributed by atoms with Crippen molar-refractivity contribution in [1.29, 1.82) is 0 Å². The van der Waals surface area contributed by atoms with Crippen LogP contribution in [0.5, 0.6) is 0 Å². The summed E-state index contributed by atoms with van der Waals surface area (Å²) in [6.45, 7) is 0. The Labute approximate surface area is 126 Å². The summed E-state index contributed by atoms with van der Waals surface area (Å²) in [7, 11) is -2.91. The maximum Gasteiger partial charge on any atom is 0.150 e. The molecular formula is C13H15BrClFO2S. The number of benzene rings is 1. The summed E-state index contributed by atoms with van der Waals surface area (Å²) < 4.78 is 36.8. The second kappa shape index (κ2) is 6.10. The van der Waals surface area contributed by atoms with Gasteiger partial charge in [0.05, 0.1) is 11.5 Å². The van der Waals surface area contributed by atoms with E-state index in [1.807, 2.05) is 0 Å². The molecule has 6 heteroatoms. The second-order valence-electron chi connectivity index (χ2n) is 4.98. The summed E-state index contributed by atoms with van der Waals surface area (Å²) >= 11 is 9.43. The van der Waals surface area contributed by atoms with Gasteiger partial charge in [-0.05, 0) is 36.8 Å². The SMILES string of the molecule is O=S1(=O)CCC(C(CBr)Cc2c(F)cccc2Cl)C1. The number of sulfone groups is 1. The fraction of sp³-hybridized carbons (Fsp3) is 0.538. The van der Waals surface area contributed by atoms with Gasteiger partial charge in [0, 0.05) is 15.9 Å². The molecule has 2 atom stereocenters. The van der Waals surface area contributed by atoms with Gasteiger partial charge in [0.15, 0.2) is 9.84 Å². The maximum atomic E-state index is 13.8. The Balaban J connectivity index is 2.16. The molecule has 0 bridgehead atoms. The summed E-state index contributed by atoms with van der Waals surface area (Å²) in [6, 6.07) is 4.62. The molecule has 0 aliphatic carbocycles. The number of rotatable bonds is 4. The van der Waals surface area contributed by atoms with E-state index in [4.69, 9.17) is 11.6 Å². The Hall–Kier alpha value is -0.130. The molecule has 19 heavy (non-hydrogen) atoms. The van der Waals surface area contributed by atoms with E-state index in [1.165, 1.54) is 6.07 Å². The smallest absolute Gasteiger partial charge is 0.150 e. The molecule has 1 saturated heterocycles. The van der Waals surface area contributed by atoms with Crippen LogP contribution in [-0.2, 0) is 16.3 Å². The van der Waals surface area contributed by atoms with E-state index in [2.05, 4.69) is 15.9 Å². The largest absolute Gasteiger partial charge is 0.229 e. The third-order valence-corrected chi connectivity index (χ3v) is 6.64. The van der Waals surface area contributed by atoms with Crippen molar-refractivity contribution in [3.05, 3.63) is 34.6 Å². The lowest BCUT2D eigenvalue weighted by atomic mass is 9.88. The molecule has 1 fully saturated rings. The van der Waals surface area contributed by atoms with Crippen LogP contribution in [-0.4, -0.2) is 25.3 Å². The summed E-state index contributed by atoms with van der Waals surface area (Å²) in [5.74, 6) is 0.299. The molecule has 0 aromatic heterocycles. The molecule has 2 unspecified atom stereocenters. The van der Waals surface area contributed by atoms with Crippen molar-refractivity contribution in [2.45, 2.75) is 12.8 Å². The molecule has 1 aliphatic rings. The van der Waals surface area contributed by atoms with E-state index < -0.39 is 9.84 Å². The first-order valence-corrected chi connectivity index (χ1v) is 9.44. The molecule has 1 heterocycles. The van der Waals surface area contributed by atoms with E-state index in [1.54, 1.807) is 12.1 Å². The molecule has 0 amide bonds. The summed E-state index contributed by atoms with van der Waals surface area (Å²) in [5, 5.41) is 1.06. The summed E-state index contributed by atoms with van der Waals surface area (Å²) in [6.07, 6.45) is 1.13. The van der Waals surface area contributed by atoms with Gasteiger partial charge >= 0.3 is 0 Å². The number of hydrogen-bond donors (Lipinski definition) is 0. The molecular weight excluding hydrogens is 355 g/mol. The Morgan fingerprint density at radius 1 is 1.47 bits per heavy atom. The third kappa shape index (κ3) is 3.70. The topological polar surface area (TPSA) is 34.1 Å². The highest BCUT2D eigenvalue weighted by atomic mass is 79.9.